The molecule has 2 rings (SSSR count). The van der Waals surface area contributed by atoms with E-state index in [9.17, 15) is 19.8 Å². The third-order valence-corrected chi connectivity index (χ3v) is 3.72. The molecule has 1 aromatic carbocycles. The van der Waals surface area contributed by atoms with E-state index in [1.54, 1.807) is 6.92 Å². The van der Waals surface area contributed by atoms with Crippen LogP contribution in [0.3, 0.4) is 0 Å². The Bertz CT molecular complexity index is 549. The van der Waals surface area contributed by atoms with Crippen LogP contribution in [-0.2, 0) is 4.74 Å². The molecule has 120 valence electrons. The van der Waals surface area contributed by atoms with Crippen molar-refractivity contribution in [3.05, 3.63) is 29.3 Å². The molecule has 4 N–H and O–H groups in total. The summed E-state index contributed by atoms with van der Waals surface area (Å²) in [6.07, 6.45) is 0.356. The topological polar surface area (TPSA) is 108 Å². The van der Waals surface area contributed by atoms with Crippen molar-refractivity contribution in [2.45, 2.75) is 31.6 Å². The van der Waals surface area contributed by atoms with Crippen LogP contribution < -0.4 is 10.6 Å². The second kappa shape index (κ2) is 7.35. The van der Waals surface area contributed by atoms with Gasteiger partial charge < -0.3 is 20.3 Å². The van der Waals surface area contributed by atoms with Gasteiger partial charge in [-0.2, -0.15) is 0 Å². The predicted octanol–water partition coefficient (Wildman–Crippen LogP) is 0.0199. The van der Waals surface area contributed by atoms with Gasteiger partial charge in [0.25, 0.3) is 5.91 Å². The van der Waals surface area contributed by atoms with Crippen LogP contribution in [-0.4, -0.2) is 53.9 Å². The Balaban J connectivity index is 1.89. The monoisotopic (exact) mass is 308 g/mol. The lowest BCUT2D eigenvalue weighted by molar-refractivity contribution is -0.0814. The summed E-state index contributed by atoms with van der Waals surface area (Å²) in [5.74, 6) is -0.689. The van der Waals surface area contributed by atoms with Crippen molar-refractivity contribution in [1.82, 2.24) is 10.6 Å². The molecule has 1 heterocycles. The first-order valence-electron chi connectivity index (χ1n) is 7.12. The normalized spacial score (nSPS) is 24.7. The Morgan fingerprint density at radius 1 is 1.50 bits per heavy atom. The van der Waals surface area contributed by atoms with Crippen LogP contribution in [0, 0.1) is 0 Å². The fourth-order valence-corrected chi connectivity index (χ4v) is 2.37. The number of phenols is 1. The molecule has 1 aliphatic heterocycles. The highest BCUT2D eigenvalue weighted by atomic mass is 16.5. The van der Waals surface area contributed by atoms with Crippen molar-refractivity contribution in [2.24, 2.45) is 0 Å². The van der Waals surface area contributed by atoms with Gasteiger partial charge in [-0.15, -0.1) is 0 Å². The van der Waals surface area contributed by atoms with Crippen LogP contribution >= 0.6 is 0 Å². The first-order valence-corrected chi connectivity index (χ1v) is 7.12. The van der Waals surface area contributed by atoms with Crippen molar-refractivity contribution in [1.29, 1.82) is 0 Å². The van der Waals surface area contributed by atoms with E-state index in [0.717, 1.165) is 0 Å². The Kier molecular flexibility index (Phi) is 5.48. The van der Waals surface area contributed by atoms with Crippen molar-refractivity contribution >= 4 is 12.2 Å². The number of rotatable bonds is 5. The zero-order valence-corrected chi connectivity index (χ0v) is 12.3. The van der Waals surface area contributed by atoms with E-state index in [1.807, 2.05) is 0 Å². The molecule has 1 aliphatic rings. The fraction of sp³-hybridized carbons (Fsp3) is 0.467. The highest BCUT2D eigenvalue weighted by Crippen LogP contribution is 2.17. The largest absolute Gasteiger partial charge is 0.507 e. The van der Waals surface area contributed by atoms with Gasteiger partial charge in [-0.05, 0) is 31.5 Å². The summed E-state index contributed by atoms with van der Waals surface area (Å²) in [5, 5.41) is 25.3. The second-order valence-corrected chi connectivity index (χ2v) is 5.24. The molecule has 0 aromatic heterocycles. The lowest BCUT2D eigenvalue weighted by atomic mass is 10.0. The number of carbonyl (C=O) groups is 2. The summed E-state index contributed by atoms with van der Waals surface area (Å²) < 4.78 is 5.31. The van der Waals surface area contributed by atoms with Crippen LogP contribution in [0.1, 0.15) is 34.1 Å². The predicted molar refractivity (Wildman–Crippen MR) is 78.8 cm³/mol. The van der Waals surface area contributed by atoms with Crippen molar-refractivity contribution < 1.29 is 24.5 Å². The number of aldehydes is 1. The number of aromatic hydroxyl groups is 1. The van der Waals surface area contributed by atoms with Crippen LogP contribution in [0.2, 0.25) is 0 Å². The van der Waals surface area contributed by atoms with Crippen LogP contribution in [0.15, 0.2) is 18.2 Å². The van der Waals surface area contributed by atoms with E-state index in [2.05, 4.69) is 10.6 Å². The van der Waals surface area contributed by atoms with Crippen LogP contribution in [0.25, 0.3) is 0 Å². The number of ether oxygens (including phenoxy) is 1. The van der Waals surface area contributed by atoms with Crippen molar-refractivity contribution in [2.75, 3.05) is 13.3 Å². The molecule has 0 unspecified atom stereocenters. The number of benzene rings is 1. The van der Waals surface area contributed by atoms with Gasteiger partial charge in [0, 0.05) is 18.2 Å². The summed E-state index contributed by atoms with van der Waals surface area (Å²) in [6, 6.07) is 3.88. The molecule has 0 saturated carbocycles. The Hall–Kier alpha value is -1.96. The van der Waals surface area contributed by atoms with E-state index in [4.69, 9.17) is 4.74 Å². The fourth-order valence-electron chi connectivity index (χ4n) is 2.37. The molecule has 0 spiro atoms. The number of nitrogens with one attached hydrogen (secondary N) is 2. The standard InChI is InChI=1S/C15H20N2O5/c1-9-14(20)12(4-5-22-9)16-8-17-15(21)11-6-10(7-18)2-3-13(11)19/h2-3,6-7,9,12,14,16,19-20H,4-5,8H2,1H3,(H,17,21)/t9-,12-,14+/m0/s1. The lowest BCUT2D eigenvalue weighted by Gasteiger charge is -2.33. The molecule has 0 aliphatic carbocycles. The lowest BCUT2D eigenvalue weighted by Crippen LogP contribution is -2.53. The summed E-state index contributed by atoms with van der Waals surface area (Å²) in [4.78, 5) is 22.7. The SMILES string of the molecule is C[C@@H]1OCC[C@H](NCNC(=O)c2cc(C=O)ccc2O)[C@@H]1O. The minimum absolute atomic E-state index is 0.0345. The molecule has 7 heteroatoms. The number of hydrogen-bond acceptors (Lipinski definition) is 6. The van der Waals surface area contributed by atoms with Gasteiger partial charge in [0.2, 0.25) is 0 Å². The van der Waals surface area contributed by atoms with Crippen LogP contribution in [0.5, 0.6) is 5.75 Å². The first kappa shape index (κ1) is 16.4. The maximum Gasteiger partial charge on any atom is 0.256 e. The number of aliphatic hydroxyl groups excluding tert-OH is 1. The van der Waals surface area contributed by atoms with Gasteiger partial charge in [-0.1, -0.05) is 0 Å². The zero-order chi connectivity index (χ0) is 16.1. The van der Waals surface area contributed by atoms with Gasteiger partial charge in [0.05, 0.1) is 24.4 Å². The van der Waals surface area contributed by atoms with Gasteiger partial charge in [-0.3, -0.25) is 14.9 Å². The molecule has 7 nitrogen and oxygen atoms in total. The maximum atomic E-state index is 12.0. The van der Waals surface area contributed by atoms with Gasteiger partial charge >= 0.3 is 0 Å². The molecular formula is C15H20N2O5. The minimum Gasteiger partial charge on any atom is -0.507 e. The number of phenolic OH excluding ortho intramolecular Hbond substituents is 1. The smallest absolute Gasteiger partial charge is 0.256 e. The zero-order valence-electron chi connectivity index (χ0n) is 12.3. The van der Waals surface area contributed by atoms with Crippen molar-refractivity contribution in [3.8, 4) is 5.75 Å². The maximum absolute atomic E-state index is 12.0. The number of aliphatic hydroxyl groups is 1. The highest BCUT2D eigenvalue weighted by molar-refractivity contribution is 5.98. The van der Waals surface area contributed by atoms with Gasteiger partial charge in [0.1, 0.15) is 12.0 Å². The van der Waals surface area contributed by atoms with E-state index in [0.29, 0.717) is 24.9 Å². The third kappa shape index (κ3) is 3.82. The van der Waals surface area contributed by atoms with Gasteiger partial charge in [-0.25, -0.2) is 0 Å². The quantitative estimate of drug-likeness (QED) is 0.451. The molecule has 1 saturated heterocycles. The molecule has 22 heavy (non-hydrogen) atoms. The third-order valence-electron chi connectivity index (χ3n) is 3.72. The number of amides is 1. The van der Waals surface area contributed by atoms with Crippen LogP contribution in [0.4, 0.5) is 0 Å². The molecular weight excluding hydrogens is 288 g/mol. The highest BCUT2D eigenvalue weighted by Gasteiger charge is 2.29. The number of hydrogen-bond donors (Lipinski definition) is 4. The summed E-state index contributed by atoms with van der Waals surface area (Å²) >= 11 is 0. The first-order chi connectivity index (χ1) is 10.5. The molecule has 0 bridgehead atoms. The average Bonchev–Trinajstić information content (AvgIpc) is 2.52. The average molecular weight is 308 g/mol. The van der Waals surface area contributed by atoms with E-state index < -0.39 is 12.0 Å². The number of carbonyl (C=O) groups excluding carboxylic acids is 2. The molecule has 1 aromatic rings. The Morgan fingerprint density at radius 3 is 3.00 bits per heavy atom. The summed E-state index contributed by atoms with van der Waals surface area (Å²) in [5.41, 5.74) is 0.344. The second-order valence-electron chi connectivity index (χ2n) is 5.24. The molecule has 1 fully saturated rings. The van der Waals surface area contributed by atoms with Crippen molar-refractivity contribution in [3.63, 3.8) is 0 Å². The summed E-state index contributed by atoms with van der Waals surface area (Å²) in [7, 11) is 0. The molecule has 0 radical (unpaired) electrons. The minimum atomic E-state index is -0.641. The van der Waals surface area contributed by atoms with Gasteiger partial charge in [0.15, 0.2) is 0 Å². The Morgan fingerprint density at radius 2 is 2.27 bits per heavy atom. The Labute approximate surface area is 128 Å². The molecule has 1 amide bonds. The van der Waals surface area contributed by atoms with E-state index in [1.165, 1.54) is 18.2 Å². The molecule has 3 atom stereocenters. The van der Waals surface area contributed by atoms with E-state index in [-0.39, 0.29) is 30.1 Å². The van der Waals surface area contributed by atoms with E-state index >= 15 is 0 Å². The summed E-state index contributed by atoms with van der Waals surface area (Å²) in [6.45, 7) is 2.48.